The number of urea groups is 2. The van der Waals surface area contributed by atoms with Crippen molar-refractivity contribution in [3.63, 3.8) is 0 Å². The van der Waals surface area contributed by atoms with Crippen LogP contribution in [0, 0.1) is 22.7 Å². The molecule has 0 aliphatic carbocycles. The molecule has 380 valence electrons. The Morgan fingerprint density at radius 2 is 1.04 bits per heavy atom. The summed E-state index contributed by atoms with van der Waals surface area (Å²) in [5.74, 6) is -4.55. The molecular formula is C50H45F6N9O8. The number of rotatable bonds is 16. The first-order valence-corrected chi connectivity index (χ1v) is 22.0. The number of aliphatic carboxylic acids is 2. The van der Waals surface area contributed by atoms with E-state index in [9.17, 15) is 75.8 Å². The summed E-state index contributed by atoms with van der Waals surface area (Å²) in [6.07, 6.45) is -9.63. The van der Waals surface area contributed by atoms with E-state index in [0.717, 1.165) is 43.9 Å². The Morgan fingerprint density at radius 3 is 1.42 bits per heavy atom. The van der Waals surface area contributed by atoms with Gasteiger partial charge in [-0.2, -0.15) is 36.9 Å². The van der Waals surface area contributed by atoms with Gasteiger partial charge < -0.3 is 35.1 Å². The number of hydrogen-bond donors (Lipinski definition) is 3. The Labute approximate surface area is 413 Å². The molecule has 0 spiro atoms. The van der Waals surface area contributed by atoms with E-state index < -0.39 is 95.6 Å². The summed E-state index contributed by atoms with van der Waals surface area (Å²) in [5, 5.41) is 42.4. The summed E-state index contributed by atoms with van der Waals surface area (Å²) >= 11 is 0. The third-order valence-electron chi connectivity index (χ3n) is 12.2. The number of nitrogens with zero attached hydrogens (tertiary/aromatic N) is 8. The maximum absolute atomic E-state index is 14.4. The van der Waals surface area contributed by atoms with E-state index in [0.29, 0.717) is 12.1 Å². The molecule has 17 nitrogen and oxygen atoms in total. The first-order valence-electron chi connectivity index (χ1n) is 22.0. The zero-order valence-electron chi connectivity index (χ0n) is 39.3. The Hall–Kier alpha value is -8.70. The van der Waals surface area contributed by atoms with Crippen molar-refractivity contribution in [1.29, 1.82) is 10.5 Å². The fraction of sp³-hybridized carbons (Fsp3) is 0.280. The molecule has 73 heavy (non-hydrogen) atoms. The molecule has 2 aliphatic rings. The van der Waals surface area contributed by atoms with Gasteiger partial charge in [0.25, 0.3) is 0 Å². The topological polar surface area (TPSA) is 222 Å². The van der Waals surface area contributed by atoms with Crippen LogP contribution in [0.4, 0.5) is 47.3 Å². The first kappa shape index (κ1) is 53.6. The number of anilines is 2. The van der Waals surface area contributed by atoms with Gasteiger partial charge in [-0.1, -0.05) is 36.4 Å². The number of allylic oxidation sites excluding steroid dienone is 2. The monoisotopic (exact) mass is 1010 g/mol. The Bertz CT molecular complexity index is 2980. The fourth-order valence-corrected chi connectivity index (χ4v) is 8.42. The van der Waals surface area contributed by atoms with Gasteiger partial charge in [-0.05, 0) is 92.7 Å². The van der Waals surface area contributed by atoms with E-state index in [4.69, 9.17) is 0 Å². The van der Waals surface area contributed by atoms with Crippen molar-refractivity contribution in [2.45, 2.75) is 38.3 Å². The third-order valence-corrected chi connectivity index (χ3v) is 12.2. The van der Waals surface area contributed by atoms with Crippen molar-refractivity contribution in [3.05, 3.63) is 153 Å². The molecule has 2 heterocycles. The maximum Gasteiger partial charge on any atom is 0.416 e. The maximum atomic E-state index is 14.4. The van der Waals surface area contributed by atoms with E-state index in [1.54, 1.807) is 11.9 Å². The number of carbonyl (C=O) groups excluding carboxylic acids is 4. The number of alkyl halides is 6. The number of benzene rings is 4. The molecule has 23 heteroatoms. The van der Waals surface area contributed by atoms with Crippen molar-refractivity contribution >= 4 is 47.2 Å². The summed E-state index contributed by atoms with van der Waals surface area (Å²) in [4.78, 5) is 88.4. The van der Waals surface area contributed by atoms with Crippen LogP contribution in [0.3, 0.4) is 0 Å². The van der Waals surface area contributed by atoms with Crippen LogP contribution in [0.15, 0.2) is 120 Å². The van der Waals surface area contributed by atoms with E-state index in [1.165, 1.54) is 86.5 Å². The number of halogens is 6. The van der Waals surface area contributed by atoms with Crippen LogP contribution in [0.2, 0.25) is 0 Å². The fourth-order valence-electron chi connectivity index (χ4n) is 8.42. The van der Waals surface area contributed by atoms with Gasteiger partial charge in [0.15, 0.2) is 0 Å². The minimum absolute atomic E-state index is 0.00554. The van der Waals surface area contributed by atoms with Gasteiger partial charge in [0, 0.05) is 44.6 Å². The molecule has 0 saturated heterocycles. The predicted octanol–water partition coefficient (Wildman–Crippen LogP) is 7.36. The lowest BCUT2D eigenvalue weighted by atomic mass is 9.92. The van der Waals surface area contributed by atoms with Gasteiger partial charge >= 0.3 is 36.4 Å². The highest BCUT2D eigenvalue weighted by molar-refractivity contribution is 6.05. The van der Waals surface area contributed by atoms with Crippen molar-refractivity contribution in [2.24, 2.45) is 0 Å². The molecule has 3 N–H and O–H groups in total. The molecule has 0 fully saturated rings. The Balaban J connectivity index is 1.16. The van der Waals surface area contributed by atoms with E-state index in [-0.39, 0.29) is 71.2 Å². The van der Waals surface area contributed by atoms with Crippen LogP contribution in [0.25, 0.3) is 0 Å². The molecule has 0 aromatic heterocycles. The van der Waals surface area contributed by atoms with Gasteiger partial charge in [-0.15, -0.1) is 0 Å². The smallest absolute Gasteiger partial charge is 0.416 e. The number of likely N-dealkylation sites (N-methyl/N-ethyl adjacent to an activating group) is 2. The van der Waals surface area contributed by atoms with Crippen molar-refractivity contribution in [1.82, 2.24) is 24.9 Å². The number of nitriles is 2. The van der Waals surface area contributed by atoms with Gasteiger partial charge in [0.1, 0.15) is 13.1 Å². The second-order valence-corrected chi connectivity index (χ2v) is 16.9. The zero-order chi connectivity index (χ0) is 53.7. The van der Waals surface area contributed by atoms with Gasteiger partial charge in [-0.25, -0.2) is 19.2 Å². The van der Waals surface area contributed by atoms with Gasteiger partial charge in [0.2, 0.25) is 11.8 Å². The number of hydrogen-bond acceptors (Lipinski definition) is 9. The third kappa shape index (κ3) is 11.7. The van der Waals surface area contributed by atoms with E-state index in [1.807, 2.05) is 12.1 Å². The molecule has 0 saturated carbocycles. The summed E-state index contributed by atoms with van der Waals surface area (Å²) in [5.41, 5.74) is -3.32. The lowest BCUT2D eigenvalue weighted by molar-refractivity contribution is -0.138. The number of nitrogens with one attached hydrogen (secondary N) is 1. The van der Waals surface area contributed by atoms with Crippen LogP contribution >= 0.6 is 0 Å². The highest BCUT2D eigenvalue weighted by atomic mass is 19.4. The molecule has 2 atom stereocenters. The number of carbonyl (C=O) groups is 6. The summed E-state index contributed by atoms with van der Waals surface area (Å²) in [7, 11) is 3.03. The van der Waals surface area contributed by atoms with Crippen LogP contribution < -0.4 is 15.1 Å². The molecule has 6 rings (SSSR count). The summed E-state index contributed by atoms with van der Waals surface area (Å²) in [6.45, 7) is 1.18. The lowest BCUT2D eigenvalue weighted by Crippen LogP contribution is -2.54. The minimum Gasteiger partial charge on any atom is -0.478 e. The van der Waals surface area contributed by atoms with Crippen molar-refractivity contribution in [3.8, 4) is 12.1 Å². The average molecular weight is 1010 g/mol. The molecule has 0 unspecified atom stereocenters. The summed E-state index contributed by atoms with van der Waals surface area (Å²) in [6, 6.07) is 17.5. The second-order valence-electron chi connectivity index (χ2n) is 16.9. The zero-order valence-corrected chi connectivity index (χ0v) is 39.3. The molecule has 4 aromatic carbocycles. The largest absolute Gasteiger partial charge is 0.478 e. The number of carboxylic acids is 2. The van der Waals surface area contributed by atoms with Crippen LogP contribution in [-0.4, -0.2) is 119 Å². The number of amides is 6. The highest BCUT2D eigenvalue weighted by Gasteiger charge is 2.46. The SMILES string of the molecule is CC1=C(C(=O)O)[C@@H](c2ccc(C#N)cc2)N(CC(=O)NCCN(C)CCN(C)C(=O)CN2C(=O)N(c3cccc(C(F)(F)F)c3)C(C)=C(C(=O)O)[C@H]2c2ccc(C#N)cc2)C(=O)N1c1cccc(C(F)(F)F)c1. The average Bonchev–Trinajstić information content (AvgIpc) is 3.34. The molecule has 2 aliphatic heterocycles. The quantitative estimate of drug-likeness (QED) is 0.0941. The van der Waals surface area contributed by atoms with E-state index >= 15 is 0 Å². The number of carboxylic acid groups (broad SMARTS) is 2. The Morgan fingerprint density at radius 1 is 0.630 bits per heavy atom. The molecular weight excluding hydrogens is 969 g/mol. The van der Waals surface area contributed by atoms with Gasteiger partial charge in [0.05, 0.1) is 69.0 Å². The van der Waals surface area contributed by atoms with E-state index in [2.05, 4.69) is 5.32 Å². The van der Waals surface area contributed by atoms with Crippen molar-refractivity contribution < 1.29 is 65.3 Å². The lowest BCUT2D eigenvalue weighted by Gasteiger charge is -2.42. The van der Waals surface area contributed by atoms with Gasteiger partial charge in [-0.3, -0.25) is 19.4 Å². The molecule has 4 aromatic rings. The molecule has 0 bridgehead atoms. The molecule has 6 amide bonds. The normalized spacial score (nSPS) is 16.4. The Kier molecular flexibility index (Phi) is 16.0. The summed E-state index contributed by atoms with van der Waals surface area (Å²) < 4.78 is 82.7. The second kappa shape index (κ2) is 21.7. The standard InChI is InChI=1S/C50H45F6N9O8/c1-29-41(45(68)69)43(33-15-11-31(25-57)12-16-33)62(47(72)64(29)37-9-5-7-35(23-37)49(51,52)53)27-39(66)59-19-20-60(3)21-22-61(4)40(67)28-63-44(34-17-13-32(26-58)14-18-34)42(46(70)71)30(2)65(48(63)73)38-10-6-8-36(24-38)50(54,55)56/h5-18,23-24,43-44H,19-22,27-28H2,1-4H3,(H,59,66)(H,68,69)(H,70,71)/t43-,44-/m1/s1. The van der Waals surface area contributed by atoms with Crippen LogP contribution in [0.1, 0.15) is 59.3 Å². The predicted molar refractivity (Wildman–Crippen MR) is 249 cm³/mol. The molecule has 0 radical (unpaired) electrons. The van der Waals surface area contributed by atoms with Crippen LogP contribution in [-0.2, 0) is 31.5 Å². The minimum atomic E-state index is -4.82. The van der Waals surface area contributed by atoms with Crippen LogP contribution in [0.5, 0.6) is 0 Å². The van der Waals surface area contributed by atoms with Crippen molar-refractivity contribution in [2.75, 3.05) is 63.2 Å². The first-order chi connectivity index (χ1) is 34.4. The highest BCUT2D eigenvalue weighted by Crippen LogP contribution is 2.43.